The summed E-state index contributed by atoms with van der Waals surface area (Å²) in [7, 11) is 0. The van der Waals surface area contributed by atoms with Crippen molar-refractivity contribution in [2.24, 2.45) is 0 Å². The molecule has 0 unspecified atom stereocenters. The minimum atomic E-state index is -0.0877. The van der Waals surface area contributed by atoms with Crippen molar-refractivity contribution in [1.82, 2.24) is 5.32 Å². The van der Waals surface area contributed by atoms with Crippen LogP contribution in [0, 0.1) is 3.57 Å². The number of rotatable bonds is 3. The van der Waals surface area contributed by atoms with Gasteiger partial charge in [0, 0.05) is 14.6 Å². The van der Waals surface area contributed by atoms with E-state index in [9.17, 15) is 4.79 Å². The normalized spacial score (nSPS) is 9.57. The first-order valence-electron chi connectivity index (χ1n) is 3.99. The van der Waals surface area contributed by atoms with Crippen LogP contribution < -0.4 is 5.32 Å². The largest absolute Gasteiger partial charge is 0.349 e. The van der Waals surface area contributed by atoms with Crippen molar-refractivity contribution in [3.63, 3.8) is 0 Å². The summed E-state index contributed by atoms with van der Waals surface area (Å²) in [6, 6.07) is 5.64. The maximum absolute atomic E-state index is 11.6. The van der Waals surface area contributed by atoms with E-state index < -0.39 is 0 Å². The van der Waals surface area contributed by atoms with E-state index in [1.165, 1.54) is 0 Å². The van der Waals surface area contributed by atoms with Crippen LogP contribution in [0.5, 0.6) is 0 Å². The molecule has 2 nitrogen and oxygen atoms in total. The fraction of sp³-hybridized carbons (Fsp3) is 0.100. The first kappa shape index (κ1) is 11.7. The topological polar surface area (TPSA) is 29.1 Å². The molecule has 0 aliphatic rings. The zero-order valence-electron chi connectivity index (χ0n) is 7.39. The van der Waals surface area contributed by atoms with Crippen LogP contribution in [0.2, 0.25) is 0 Å². The summed E-state index contributed by atoms with van der Waals surface area (Å²) < 4.78 is 1.84. The van der Waals surface area contributed by atoms with Gasteiger partial charge in [0.05, 0.1) is 5.56 Å². The van der Waals surface area contributed by atoms with Gasteiger partial charge in [0.25, 0.3) is 5.91 Å². The Morgan fingerprint density at radius 3 is 3.00 bits per heavy atom. The van der Waals surface area contributed by atoms with Gasteiger partial charge in [0.15, 0.2) is 0 Å². The maximum atomic E-state index is 11.6. The third-order valence-corrected chi connectivity index (χ3v) is 2.94. The van der Waals surface area contributed by atoms with E-state index in [1.807, 2.05) is 18.2 Å². The summed E-state index contributed by atoms with van der Waals surface area (Å²) in [5, 5.41) is 2.73. The van der Waals surface area contributed by atoms with Gasteiger partial charge in [-0.1, -0.05) is 6.08 Å². The molecular weight excluding hydrogens is 357 g/mol. The minimum Gasteiger partial charge on any atom is -0.349 e. The van der Waals surface area contributed by atoms with Gasteiger partial charge in [0.1, 0.15) is 0 Å². The highest BCUT2D eigenvalue weighted by Crippen LogP contribution is 2.19. The minimum absolute atomic E-state index is 0.0877. The van der Waals surface area contributed by atoms with Gasteiger partial charge in [0.2, 0.25) is 0 Å². The van der Waals surface area contributed by atoms with Crippen LogP contribution in [0.15, 0.2) is 35.3 Å². The van der Waals surface area contributed by atoms with Crippen molar-refractivity contribution < 1.29 is 4.79 Å². The molecule has 1 aromatic rings. The second-order valence-electron chi connectivity index (χ2n) is 2.62. The SMILES string of the molecule is C=CCNC(=O)c1cc(I)ccc1Br. The predicted molar refractivity (Wildman–Crippen MR) is 69.4 cm³/mol. The van der Waals surface area contributed by atoms with Crippen molar-refractivity contribution in [2.45, 2.75) is 0 Å². The number of benzene rings is 1. The monoisotopic (exact) mass is 365 g/mol. The summed E-state index contributed by atoms with van der Waals surface area (Å²) in [5.41, 5.74) is 0.652. The van der Waals surface area contributed by atoms with E-state index in [0.29, 0.717) is 12.1 Å². The van der Waals surface area contributed by atoms with E-state index in [-0.39, 0.29) is 5.91 Å². The molecule has 1 N–H and O–H groups in total. The highest BCUT2D eigenvalue weighted by atomic mass is 127. The van der Waals surface area contributed by atoms with Gasteiger partial charge < -0.3 is 5.32 Å². The van der Waals surface area contributed by atoms with Crippen LogP contribution in [0.3, 0.4) is 0 Å². The molecule has 0 heterocycles. The Balaban J connectivity index is 2.88. The molecule has 0 spiro atoms. The Kier molecular flexibility index (Phi) is 4.60. The van der Waals surface area contributed by atoms with Gasteiger partial charge >= 0.3 is 0 Å². The van der Waals surface area contributed by atoms with E-state index in [2.05, 4.69) is 50.4 Å². The number of amides is 1. The van der Waals surface area contributed by atoms with Crippen LogP contribution in [0.25, 0.3) is 0 Å². The highest BCUT2D eigenvalue weighted by Gasteiger charge is 2.08. The summed E-state index contributed by atoms with van der Waals surface area (Å²) in [6.07, 6.45) is 1.65. The Hall–Kier alpha value is -0.360. The summed E-state index contributed by atoms with van der Waals surface area (Å²) >= 11 is 5.51. The van der Waals surface area contributed by atoms with Gasteiger partial charge in [-0.25, -0.2) is 0 Å². The van der Waals surface area contributed by atoms with E-state index >= 15 is 0 Å². The van der Waals surface area contributed by atoms with Crippen molar-refractivity contribution in [3.05, 3.63) is 44.5 Å². The third kappa shape index (κ3) is 3.09. The molecule has 1 amide bonds. The van der Waals surface area contributed by atoms with Gasteiger partial charge in [-0.05, 0) is 56.7 Å². The third-order valence-electron chi connectivity index (χ3n) is 1.58. The Bertz CT molecular complexity index is 365. The lowest BCUT2D eigenvalue weighted by molar-refractivity contribution is 0.0957. The molecule has 4 heteroatoms. The molecule has 0 bridgehead atoms. The molecule has 1 rings (SSSR count). The summed E-state index contributed by atoms with van der Waals surface area (Å²) in [5.74, 6) is -0.0877. The molecular formula is C10H9BrINO. The zero-order valence-corrected chi connectivity index (χ0v) is 11.1. The lowest BCUT2D eigenvalue weighted by Crippen LogP contribution is -2.23. The van der Waals surface area contributed by atoms with Gasteiger partial charge in [-0.3, -0.25) is 4.79 Å². The molecule has 0 radical (unpaired) electrons. The van der Waals surface area contributed by atoms with Crippen molar-refractivity contribution in [3.8, 4) is 0 Å². The van der Waals surface area contributed by atoms with Crippen molar-refractivity contribution in [2.75, 3.05) is 6.54 Å². The number of hydrogen-bond donors (Lipinski definition) is 1. The number of carbonyl (C=O) groups excluding carboxylic acids is 1. The number of carbonyl (C=O) groups is 1. The van der Waals surface area contributed by atoms with Gasteiger partial charge in [-0.15, -0.1) is 6.58 Å². The summed E-state index contributed by atoms with van der Waals surface area (Å²) in [6.45, 7) is 4.02. The molecule has 0 aliphatic carbocycles. The molecule has 0 saturated heterocycles. The van der Waals surface area contributed by atoms with Gasteiger partial charge in [-0.2, -0.15) is 0 Å². The van der Waals surface area contributed by atoms with Crippen molar-refractivity contribution in [1.29, 1.82) is 0 Å². The van der Waals surface area contributed by atoms with E-state index in [1.54, 1.807) is 6.08 Å². The fourth-order valence-corrected chi connectivity index (χ4v) is 1.85. The average Bonchev–Trinajstić information content (AvgIpc) is 2.18. The van der Waals surface area contributed by atoms with Crippen LogP contribution in [0.1, 0.15) is 10.4 Å². The second kappa shape index (κ2) is 5.50. The second-order valence-corrected chi connectivity index (χ2v) is 4.72. The van der Waals surface area contributed by atoms with Crippen LogP contribution in [-0.4, -0.2) is 12.5 Å². The number of hydrogen-bond acceptors (Lipinski definition) is 1. The molecule has 0 fully saturated rings. The Morgan fingerprint density at radius 1 is 1.64 bits per heavy atom. The first-order valence-corrected chi connectivity index (χ1v) is 5.86. The number of nitrogens with one attached hydrogen (secondary N) is 1. The van der Waals surface area contributed by atoms with Crippen LogP contribution in [-0.2, 0) is 0 Å². The first-order chi connectivity index (χ1) is 6.65. The molecule has 0 saturated carbocycles. The molecule has 0 aromatic heterocycles. The fourth-order valence-electron chi connectivity index (χ4n) is 0.932. The van der Waals surface area contributed by atoms with E-state index in [0.717, 1.165) is 8.04 Å². The maximum Gasteiger partial charge on any atom is 0.252 e. The zero-order chi connectivity index (χ0) is 10.6. The summed E-state index contributed by atoms with van der Waals surface area (Å²) in [4.78, 5) is 11.6. The lowest BCUT2D eigenvalue weighted by atomic mass is 10.2. The van der Waals surface area contributed by atoms with Crippen LogP contribution in [0.4, 0.5) is 0 Å². The lowest BCUT2D eigenvalue weighted by Gasteiger charge is -2.04. The molecule has 1 aromatic carbocycles. The predicted octanol–water partition coefficient (Wildman–Crippen LogP) is 2.97. The molecule has 74 valence electrons. The quantitative estimate of drug-likeness (QED) is 0.647. The van der Waals surface area contributed by atoms with E-state index in [4.69, 9.17) is 0 Å². The Labute approximate surface area is 105 Å². The molecule has 0 atom stereocenters. The highest BCUT2D eigenvalue weighted by molar-refractivity contribution is 14.1. The Morgan fingerprint density at radius 2 is 2.36 bits per heavy atom. The molecule has 0 aliphatic heterocycles. The van der Waals surface area contributed by atoms with Crippen LogP contribution >= 0.6 is 38.5 Å². The number of halogens is 2. The average molecular weight is 366 g/mol. The smallest absolute Gasteiger partial charge is 0.252 e. The molecule has 14 heavy (non-hydrogen) atoms. The van der Waals surface area contributed by atoms with Crippen molar-refractivity contribution >= 4 is 44.4 Å². The standard InChI is InChI=1S/C10H9BrINO/c1-2-5-13-10(14)8-6-7(12)3-4-9(8)11/h2-4,6H,1,5H2,(H,13,14).